The van der Waals surface area contributed by atoms with Crippen molar-refractivity contribution in [2.45, 2.75) is 16.7 Å². The largest absolute Gasteiger partial charge is 0.606 e. The van der Waals surface area contributed by atoms with E-state index >= 15 is 0 Å². The molecule has 2 aromatic carbocycles. The van der Waals surface area contributed by atoms with E-state index in [1.54, 1.807) is 37.3 Å². The minimum atomic E-state index is -1.76. The van der Waals surface area contributed by atoms with Crippen LogP contribution >= 0.6 is 0 Å². The molecular weight excluding hydrogens is 332 g/mol. The van der Waals surface area contributed by atoms with Gasteiger partial charge in [-0.15, -0.1) is 0 Å². The quantitative estimate of drug-likeness (QED) is 0.282. The van der Waals surface area contributed by atoms with Gasteiger partial charge in [0.2, 0.25) is 4.90 Å². The van der Waals surface area contributed by atoms with Crippen LogP contribution in [0.1, 0.15) is 15.9 Å². The smallest absolute Gasteiger partial charge is 0.325 e. The van der Waals surface area contributed by atoms with Crippen molar-refractivity contribution in [3.05, 3.63) is 63.7 Å². The second kappa shape index (κ2) is 7.11. The normalized spacial score (nSPS) is 11.6. The molecule has 1 amide bonds. The molecule has 0 aliphatic rings. The molecule has 0 radical (unpaired) electrons. The molecule has 0 heterocycles. The molecule has 8 nitrogen and oxygen atoms in total. The van der Waals surface area contributed by atoms with Gasteiger partial charge in [-0.2, -0.15) is 4.99 Å². The van der Waals surface area contributed by atoms with Crippen LogP contribution in [0.4, 0.5) is 5.69 Å². The number of guanidine groups is 1. The lowest BCUT2D eigenvalue weighted by atomic mass is 10.1. The van der Waals surface area contributed by atoms with Crippen LogP contribution in [0.3, 0.4) is 0 Å². The lowest BCUT2D eigenvalue weighted by Gasteiger charge is -2.12. The van der Waals surface area contributed by atoms with Crippen LogP contribution in [0, 0.1) is 17.0 Å². The fourth-order valence-electron chi connectivity index (χ4n) is 2.04. The summed E-state index contributed by atoms with van der Waals surface area (Å²) in [7, 11) is 0. The number of nitrogens with two attached hydrogens (primary N) is 2. The second-order valence-corrected chi connectivity index (χ2v) is 6.26. The van der Waals surface area contributed by atoms with Crippen molar-refractivity contribution in [2.75, 3.05) is 0 Å². The van der Waals surface area contributed by atoms with Crippen LogP contribution in [-0.4, -0.2) is 21.3 Å². The molecule has 2 rings (SSSR count). The van der Waals surface area contributed by atoms with Crippen molar-refractivity contribution in [1.82, 2.24) is 0 Å². The Balaban J connectivity index is 2.58. The average Bonchev–Trinajstić information content (AvgIpc) is 2.53. The Labute approximate surface area is 140 Å². The summed E-state index contributed by atoms with van der Waals surface area (Å²) < 4.78 is 12.6. The van der Waals surface area contributed by atoms with Crippen LogP contribution in [0.15, 0.2) is 57.2 Å². The highest BCUT2D eigenvalue weighted by atomic mass is 32.2. The minimum Gasteiger partial charge on any atom is -0.606 e. The number of hydrogen-bond acceptors (Lipinski definition) is 4. The summed E-state index contributed by atoms with van der Waals surface area (Å²) in [4.78, 5) is 26.4. The lowest BCUT2D eigenvalue weighted by molar-refractivity contribution is -0.387. The van der Waals surface area contributed by atoms with Gasteiger partial charge in [-0.25, -0.2) is 0 Å². The predicted molar refractivity (Wildman–Crippen MR) is 89.1 cm³/mol. The Hall–Kier alpha value is -2.91. The van der Waals surface area contributed by atoms with Crippen molar-refractivity contribution in [3.8, 4) is 0 Å². The lowest BCUT2D eigenvalue weighted by Crippen LogP contribution is -2.24. The van der Waals surface area contributed by atoms with Gasteiger partial charge in [0, 0.05) is 23.3 Å². The zero-order valence-electron chi connectivity index (χ0n) is 12.6. The van der Waals surface area contributed by atoms with E-state index in [1.165, 1.54) is 6.07 Å². The number of nitro groups is 1. The Bertz CT molecular complexity index is 820. The molecule has 0 saturated heterocycles. The molecule has 4 N–H and O–H groups in total. The average molecular weight is 346 g/mol. The highest BCUT2D eigenvalue weighted by Crippen LogP contribution is 2.32. The van der Waals surface area contributed by atoms with Crippen LogP contribution < -0.4 is 11.5 Å². The molecule has 0 aromatic heterocycles. The van der Waals surface area contributed by atoms with E-state index in [-0.39, 0.29) is 10.5 Å². The standard InChI is InChI=1S/C15H14N4O4S/c1-9-7-13(24(23)10-5-3-2-4-6-10)12(19(21)22)8-11(9)14(20)18-15(16)17/h2-8H,1H3,(H4,16,17,18,20). The maximum atomic E-state index is 12.6. The first kappa shape index (κ1) is 17.4. The SMILES string of the molecule is Cc1cc([S+]([O-])c2ccccc2)c([N+](=O)[O-])cc1C(=O)N=C(N)N. The van der Waals surface area contributed by atoms with Gasteiger partial charge < -0.3 is 16.0 Å². The summed E-state index contributed by atoms with van der Waals surface area (Å²) >= 11 is -1.76. The van der Waals surface area contributed by atoms with Gasteiger partial charge in [-0.05, 0) is 24.6 Å². The van der Waals surface area contributed by atoms with Crippen molar-refractivity contribution in [3.63, 3.8) is 0 Å². The maximum absolute atomic E-state index is 12.6. The molecular formula is C15H14N4O4S. The van der Waals surface area contributed by atoms with E-state index in [2.05, 4.69) is 4.99 Å². The highest BCUT2D eigenvalue weighted by molar-refractivity contribution is 7.91. The van der Waals surface area contributed by atoms with Crippen LogP contribution in [0.2, 0.25) is 0 Å². The van der Waals surface area contributed by atoms with Gasteiger partial charge in [0.15, 0.2) is 10.9 Å². The molecule has 1 unspecified atom stereocenters. The first-order valence-electron chi connectivity index (χ1n) is 6.71. The van der Waals surface area contributed by atoms with Gasteiger partial charge in [0.25, 0.3) is 5.91 Å². The third-order valence-electron chi connectivity index (χ3n) is 3.12. The Morgan fingerprint density at radius 3 is 2.38 bits per heavy atom. The number of carbonyl (C=O) groups excluding carboxylic acids is 1. The first-order chi connectivity index (χ1) is 11.3. The van der Waals surface area contributed by atoms with E-state index in [0.29, 0.717) is 10.5 Å². The Morgan fingerprint density at radius 1 is 1.21 bits per heavy atom. The fourth-order valence-corrected chi connectivity index (χ4v) is 3.31. The van der Waals surface area contributed by atoms with E-state index in [4.69, 9.17) is 11.5 Å². The number of amides is 1. The number of rotatable bonds is 4. The number of aryl methyl sites for hydroxylation is 1. The van der Waals surface area contributed by atoms with Crippen molar-refractivity contribution < 1.29 is 14.3 Å². The summed E-state index contributed by atoms with van der Waals surface area (Å²) in [5, 5.41) is 11.3. The summed E-state index contributed by atoms with van der Waals surface area (Å²) in [6.07, 6.45) is 0. The maximum Gasteiger partial charge on any atom is 0.325 e. The number of hydrogen-bond donors (Lipinski definition) is 2. The third kappa shape index (κ3) is 3.70. The molecule has 0 saturated carbocycles. The number of nitro benzene ring substituents is 1. The molecule has 1 atom stereocenters. The van der Waals surface area contributed by atoms with Gasteiger partial charge in [-0.3, -0.25) is 14.9 Å². The zero-order chi connectivity index (χ0) is 17.9. The second-order valence-electron chi connectivity index (χ2n) is 4.82. The van der Waals surface area contributed by atoms with E-state index in [0.717, 1.165) is 6.07 Å². The highest BCUT2D eigenvalue weighted by Gasteiger charge is 2.29. The van der Waals surface area contributed by atoms with Crippen molar-refractivity contribution in [2.24, 2.45) is 16.5 Å². The summed E-state index contributed by atoms with van der Waals surface area (Å²) in [6.45, 7) is 1.56. The van der Waals surface area contributed by atoms with E-state index < -0.39 is 33.7 Å². The number of aliphatic imine (C=N–C) groups is 1. The van der Waals surface area contributed by atoms with Crippen LogP contribution in [0.25, 0.3) is 0 Å². The molecule has 24 heavy (non-hydrogen) atoms. The Kier molecular flexibility index (Phi) is 5.17. The molecule has 9 heteroatoms. The topological polar surface area (TPSA) is 148 Å². The summed E-state index contributed by atoms with van der Waals surface area (Å²) in [5.74, 6) is -1.24. The van der Waals surface area contributed by atoms with Crippen molar-refractivity contribution in [1.29, 1.82) is 0 Å². The number of benzene rings is 2. The summed E-state index contributed by atoms with van der Waals surface area (Å²) in [5.41, 5.74) is 10.2. The molecule has 124 valence electrons. The van der Waals surface area contributed by atoms with E-state index in [9.17, 15) is 19.5 Å². The summed E-state index contributed by atoms with van der Waals surface area (Å²) in [6, 6.07) is 10.7. The van der Waals surface area contributed by atoms with Crippen LogP contribution in [-0.2, 0) is 11.2 Å². The number of nitrogens with zero attached hydrogens (tertiary/aromatic N) is 2. The molecule has 0 spiro atoms. The van der Waals surface area contributed by atoms with Gasteiger partial charge in [-0.1, -0.05) is 18.2 Å². The molecule has 0 bridgehead atoms. The zero-order valence-corrected chi connectivity index (χ0v) is 13.4. The molecule has 0 aliphatic carbocycles. The van der Waals surface area contributed by atoms with E-state index in [1.807, 2.05) is 0 Å². The molecule has 2 aromatic rings. The monoisotopic (exact) mass is 346 g/mol. The number of carbonyl (C=O) groups is 1. The predicted octanol–water partition coefficient (Wildman–Crippen LogP) is 1.48. The van der Waals surface area contributed by atoms with Gasteiger partial charge >= 0.3 is 5.69 Å². The van der Waals surface area contributed by atoms with Crippen LogP contribution in [0.5, 0.6) is 0 Å². The van der Waals surface area contributed by atoms with Gasteiger partial charge in [0.1, 0.15) is 0 Å². The fraction of sp³-hybridized carbons (Fsp3) is 0.0667. The molecule has 0 fully saturated rings. The van der Waals surface area contributed by atoms with Gasteiger partial charge in [0.05, 0.1) is 10.5 Å². The Morgan fingerprint density at radius 2 is 1.83 bits per heavy atom. The first-order valence-corrected chi connectivity index (χ1v) is 7.86. The minimum absolute atomic E-state index is 0.00458. The molecule has 0 aliphatic heterocycles. The van der Waals surface area contributed by atoms with Crippen molar-refractivity contribution >= 4 is 28.7 Å². The third-order valence-corrected chi connectivity index (χ3v) is 4.55.